The summed E-state index contributed by atoms with van der Waals surface area (Å²) in [6.07, 6.45) is -1.07. The number of nitrogens with one attached hydrogen (secondary N) is 2. The maximum atomic E-state index is 13.4. The number of carbonyl (C=O) groups excluding carboxylic acids is 1. The van der Waals surface area contributed by atoms with Crippen LogP contribution in [0.3, 0.4) is 0 Å². The lowest BCUT2D eigenvalue weighted by atomic mass is 10.0. The molecule has 0 radical (unpaired) electrons. The second-order valence-electron chi connectivity index (χ2n) is 5.01. The van der Waals surface area contributed by atoms with Gasteiger partial charge in [-0.2, -0.15) is 0 Å². The highest BCUT2D eigenvalue weighted by molar-refractivity contribution is 5.89. The molecule has 0 heterocycles. The Morgan fingerprint density at radius 1 is 1.04 bits per heavy atom. The van der Waals surface area contributed by atoms with E-state index in [1.807, 2.05) is 0 Å². The summed E-state index contributed by atoms with van der Waals surface area (Å²) < 4.78 is 39.1. The van der Waals surface area contributed by atoms with E-state index in [4.69, 9.17) is 0 Å². The molecule has 0 saturated heterocycles. The zero-order valence-corrected chi connectivity index (χ0v) is 12.2. The minimum Gasteiger partial charge on any atom is -0.386 e. The normalized spacial score (nSPS) is 13.3. The van der Waals surface area contributed by atoms with Crippen molar-refractivity contribution in [1.82, 2.24) is 5.32 Å². The second-order valence-corrected chi connectivity index (χ2v) is 5.01. The molecule has 0 saturated carbocycles. The third-order valence-electron chi connectivity index (χ3n) is 3.22. The minimum atomic E-state index is -1.07. The van der Waals surface area contributed by atoms with E-state index in [0.29, 0.717) is 11.6 Å². The molecule has 2 aromatic carbocycles. The minimum absolute atomic E-state index is 0.188. The number of amides is 2. The zero-order valence-electron chi connectivity index (χ0n) is 12.2. The van der Waals surface area contributed by atoms with E-state index in [0.717, 1.165) is 12.1 Å². The Bertz CT molecular complexity index is 692. The number of aliphatic hydroxyl groups excluding tert-OH is 1. The third kappa shape index (κ3) is 4.46. The molecule has 2 unspecified atom stereocenters. The van der Waals surface area contributed by atoms with Crippen LogP contribution < -0.4 is 10.6 Å². The molecule has 2 aromatic rings. The van der Waals surface area contributed by atoms with Crippen molar-refractivity contribution in [3.63, 3.8) is 0 Å². The maximum Gasteiger partial charge on any atom is 0.319 e. The van der Waals surface area contributed by atoms with Crippen LogP contribution in [0, 0.1) is 17.5 Å². The molecule has 0 aromatic heterocycles. The molecular weight excluding hydrogens is 309 g/mol. The number of hydrogen-bond acceptors (Lipinski definition) is 2. The van der Waals surface area contributed by atoms with Gasteiger partial charge in [-0.25, -0.2) is 18.0 Å². The first kappa shape index (κ1) is 16.8. The summed E-state index contributed by atoms with van der Waals surface area (Å²) in [6, 6.07) is 6.45. The van der Waals surface area contributed by atoms with E-state index in [9.17, 15) is 23.1 Å². The molecule has 7 heteroatoms. The van der Waals surface area contributed by atoms with Gasteiger partial charge in [0.05, 0.1) is 17.8 Å². The van der Waals surface area contributed by atoms with E-state index < -0.39 is 35.6 Å². The van der Waals surface area contributed by atoms with E-state index in [2.05, 4.69) is 10.6 Å². The van der Waals surface area contributed by atoms with Crippen LogP contribution in [0.1, 0.15) is 18.6 Å². The Balaban J connectivity index is 1.97. The van der Waals surface area contributed by atoms with Gasteiger partial charge in [0.25, 0.3) is 0 Å². The van der Waals surface area contributed by atoms with Gasteiger partial charge < -0.3 is 15.7 Å². The Morgan fingerprint density at radius 3 is 2.26 bits per heavy atom. The van der Waals surface area contributed by atoms with Gasteiger partial charge in [0.15, 0.2) is 0 Å². The van der Waals surface area contributed by atoms with E-state index in [1.165, 1.54) is 31.2 Å². The van der Waals surface area contributed by atoms with E-state index in [1.54, 1.807) is 0 Å². The van der Waals surface area contributed by atoms with Gasteiger partial charge in [0, 0.05) is 6.07 Å². The molecule has 2 atom stereocenters. The topological polar surface area (TPSA) is 61.4 Å². The fraction of sp³-hybridized carbons (Fsp3) is 0.188. The second kappa shape index (κ2) is 7.15. The van der Waals surface area contributed by atoms with Gasteiger partial charge >= 0.3 is 6.03 Å². The van der Waals surface area contributed by atoms with Crippen LogP contribution in [-0.2, 0) is 0 Å². The van der Waals surface area contributed by atoms with Crippen LogP contribution in [0.25, 0.3) is 0 Å². The number of benzene rings is 2. The van der Waals surface area contributed by atoms with Gasteiger partial charge in [-0.15, -0.1) is 0 Å². The Morgan fingerprint density at radius 2 is 1.65 bits per heavy atom. The van der Waals surface area contributed by atoms with E-state index >= 15 is 0 Å². The van der Waals surface area contributed by atoms with Crippen molar-refractivity contribution in [3.8, 4) is 0 Å². The summed E-state index contributed by atoms with van der Waals surface area (Å²) in [7, 11) is 0. The monoisotopic (exact) mass is 324 g/mol. The average Bonchev–Trinajstić information content (AvgIpc) is 2.50. The van der Waals surface area contributed by atoms with Crippen LogP contribution in [0.5, 0.6) is 0 Å². The van der Waals surface area contributed by atoms with Crippen molar-refractivity contribution in [2.45, 2.75) is 19.1 Å². The van der Waals surface area contributed by atoms with Crippen molar-refractivity contribution < 1.29 is 23.1 Å². The number of anilines is 1. The number of aliphatic hydroxyl groups is 1. The molecular formula is C16H15F3N2O2. The molecule has 0 aliphatic carbocycles. The highest BCUT2D eigenvalue weighted by atomic mass is 19.1. The molecule has 122 valence electrons. The molecule has 2 rings (SSSR count). The Kier molecular flexibility index (Phi) is 5.23. The SMILES string of the molecule is CC(NC(=O)Nc1ccc(F)cc1F)C(O)c1ccc(F)cc1. The largest absolute Gasteiger partial charge is 0.386 e. The highest BCUT2D eigenvalue weighted by Crippen LogP contribution is 2.18. The lowest BCUT2D eigenvalue weighted by molar-refractivity contribution is 0.139. The summed E-state index contributed by atoms with van der Waals surface area (Å²) in [5, 5.41) is 14.7. The molecule has 4 nitrogen and oxygen atoms in total. The summed E-state index contributed by atoms with van der Waals surface area (Å²) in [6.45, 7) is 1.54. The molecule has 0 spiro atoms. The van der Waals surface area contributed by atoms with Crippen molar-refractivity contribution in [3.05, 3.63) is 65.5 Å². The molecule has 0 aliphatic heterocycles. The van der Waals surface area contributed by atoms with Crippen LogP contribution >= 0.6 is 0 Å². The number of urea groups is 1. The van der Waals surface area contributed by atoms with Gasteiger partial charge in [0.2, 0.25) is 0 Å². The summed E-state index contributed by atoms with van der Waals surface area (Å²) >= 11 is 0. The van der Waals surface area contributed by atoms with Gasteiger partial charge in [-0.05, 0) is 36.8 Å². The first-order valence-corrected chi connectivity index (χ1v) is 6.83. The molecule has 23 heavy (non-hydrogen) atoms. The maximum absolute atomic E-state index is 13.4. The Hall–Kier alpha value is -2.54. The molecule has 2 amide bonds. The highest BCUT2D eigenvalue weighted by Gasteiger charge is 2.19. The summed E-state index contributed by atoms with van der Waals surface area (Å²) in [5.41, 5.74) is 0.236. The molecule has 3 N–H and O–H groups in total. The Labute approximate surface area is 131 Å². The van der Waals surface area contributed by atoms with Gasteiger partial charge in [0.1, 0.15) is 17.5 Å². The van der Waals surface area contributed by atoms with Gasteiger partial charge in [-0.1, -0.05) is 12.1 Å². The third-order valence-corrected chi connectivity index (χ3v) is 3.22. The smallest absolute Gasteiger partial charge is 0.319 e. The fourth-order valence-corrected chi connectivity index (χ4v) is 1.98. The predicted octanol–water partition coefficient (Wildman–Crippen LogP) is 3.35. The van der Waals surface area contributed by atoms with Gasteiger partial charge in [-0.3, -0.25) is 0 Å². The lowest BCUT2D eigenvalue weighted by Gasteiger charge is -2.21. The van der Waals surface area contributed by atoms with Crippen molar-refractivity contribution in [1.29, 1.82) is 0 Å². The van der Waals surface area contributed by atoms with Crippen LogP contribution in [0.4, 0.5) is 23.7 Å². The number of halogens is 3. The molecule has 0 aliphatic rings. The predicted molar refractivity (Wildman–Crippen MR) is 79.3 cm³/mol. The number of hydrogen-bond donors (Lipinski definition) is 3. The van der Waals surface area contributed by atoms with Crippen LogP contribution in [0.2, 0.25) is 0 Å². The molecule has 0 fully saturated rings. The standard InChI is InChI=1S/C16H15F3N2O2/c1-9(15(22)10-2-4-11(17)5-3-10)20-16(23)21-14-7-6-12(18)8-13(14)19/h2-9,15,22H,1H3,(H2,20,21,23). The van der Waals surface area contributed by atoms with Crippen molar-refractivity contribution in [2.75, 3.05) is 5.32 Å². The average molecular weight is 324 g/mol. The first-order valence-electron chi connectivity index (χ1n) is 6.83. The number of rotatable bonds is 4. The first-order chi connectivity index (χ1) is 10.9. The van der Waals surface area contributed by atoms with Crippen LogP contribution in [0.15, 0.2) is 42.5 Å². The van der Waals surface area contributed by atoms with Crippen molar-refractivity contribution in [2.24, 2.45) is 0 Å². The van der Waals surface area contributed by atoms with Crippen LogP contribution in [-0.4, -0.2) is 17.2 Å². The summed E-state index contributed by atoms with van der Waals surface area (Å²) in [4.78, 5) is 11.8. The number of carbonyl (C=O) groups is 1. The zero-order chi connectivity index (χ0) is 17.0. The summed E-state index contributed by atoms with van der Waals surface area (Å²) in [5.74, 6) is -2.11. The van der Waals surface area contributed by atoms with E-state index in [-0.39, 0.29) is 5.69 Å². The fourth-order valence-electron chi connectivity index (χ4n) is 1.98. The molecule has 0 bridgehead atoms. The van der Waals surface area contributed by atoms with Crippen molar-refractivity contribution >= 4 is 11.7 Å². The lowest BCUT2D eigenvalue weighted by Crippen LogP contribution is -2.39. The quantitative estimate of drug-likeness (QED) is 0.808.